The molecule has 1 aromatic heterocycles. The van der Waals surface area contributed by atoms with Crippen molar-refractivity contribution in [1.82, 2.24) is 19.7 Å². The molecule has 1 amide bonds. The molecule has 0 bridgehead atoms. The lowest BCUT2D eigenvalue weighted by molar-refractivity contribution is -0.137. The lowest BCUT2D eigenvalue weighted by Crippen LogP contribution is -2.43. The van der Waals surface area contributed by atoms with Crippen molar-refractivity contribution in [3.05, 3.63) is 71.5 Å². The van der Waals surface area contributed by atoms with E-state index in [-0.39, 0.29) is 23.7 Å². The van der Waals surface area contributed by atoms with Crippen LogP contribution in [0.1, 0.15) is 44.6 Å². The van der Waals surface area contributed by atoms with Crippen molar-refractivity contribution >= 4 is 17.7 Å². The highest BCUT2D eigenvalue weighted by molar-refractivity contribution is 7.99. The van der Waals surface area contributed by atoms with Gasteiger partial charge in [0, 0.05) is 18.5 Å². The molecule has 1 heterocycles. The third-order valence-electron chi connectivity index (χ3n) is 5.06. The van der Waals surface area contributed by atoms with Gasteiger partial charge in [-0.3, -0.25) is 9.36 Å². The first-order valence-corrected chi connectivity index (χ1v) is 11.7. The van der Waals surface area contributed by atoms with Gasteiger partial charge in [-0.05, 0) is 51.5 Å². The van der Waals surface area contributed by atoms with E-state index in [1.165, 1.54) is 17.8 Å². The molecular weight excluding hydrogens is 449 g/mol. The number of alkyl halides is 3. The maximum Gasteiger partial charge on any atom is 0.416 e. The van der Waals surface area contributed by atoms with Crippen LogP contribution < -0.4 is 0 Å². The molecule has 3 rings (SSSR count). The highest BCUT2D eigenvalue weighted by atomic mass is 32.2. The maximum absolute atomic E-state index is 13.4. The van der Waals surface area contributed by atoms with E-state index in [2.05, 4.69) is 10.2 Å². The first-order valence-electron chi connectivity index (χ1n) is 10.7. The van der Waals surface area contributed by atoms with Gasteiger partial charge in [-0.2, -0.15) is 13.2 Å². The minimum atomic E-state index is -4.47. The van der Waals surface area contributed by atoms with E-state index in [4.69, 9.17) is 0 Å². The SMILES string of the molecule is CC(C)N(C(=O)CSc1nnc(Cc2ccccc2)n1-c1cccc(C(F)(F)F)c1)C(C)C. The molecule has 33 heavy (non-hydrogen) atoms. The maximum atomic E-state index is 13.4. The summed E-state index contributed by atoms with van der Waals surface area (Å²) >= 11 is 1.17. The third kappa shape index (κ3) is 6.16. The van der Waals surface area contributed by atoms with E-state index < -0.39 is 11.7 Å². The number of nitrogens with zero attached hydrogens (tertiary/aromatic N) is 4. The van der Waals surface area contributed by atoms with Gasteiger partial charge in [0.25, 0.3) is 0 Å². The summed E-state index contributed by atoms with van der Waals surface area (Å²) in [5, 5.41) is 8.86. The first kappa shape index (κ1) is 24.8. The monoisotopic (exact) mass is 476 g/mol. The van der Waals surface area contributed by atoms with Crippen LogP contribution in [0.2, 0.25) is 0 Å². The molecule has 0 aliphatic heterocycles. The summed E-state index contributed by atoms with van der Waals surface area (Å²) in [7, 11) is 0. The molecule has 0 fully saturated rings. The van der Waals surface area contributed by atoms with Crippen LogP contribution in [0.3, 0.4) is 0 Å². The molecular formula is C24H27F3N4OS. The topological polar surface area (TPSA) is 51.0 Å². The van der Waals surface area contributed by atoms with Crippen molar-refractivity contribution in [2.75, 3.05) is 5.75 Å². The average molecular weight is 477 g/mol. The van der Waals surface area contributed by atoms with Crippen LogP contribution in [0, 0.1) is 0 Å². The van der Waals surface area contributed by atoms with Crippen LogP contribution in [-0.4, -0.2) is 43.4 Å². The highest BCUT2D eigenvalue weighted by Gasteiger charge is 2.31. The molecule has 5 nitrogen and oxygen atoms in total. The Morgan fingerprint density at radius 3 is 2.27 bits per heavy atom. The summed E-state index contributed by atoms with van der Waals surface area (Å²) in [4.78, 5) is 14.6. The van der Waals surface area contributed by atoms with E-state index in [0.717, 1.165) is 17.7 Å². The Bertz CT molecular complexity index is 1070. The fraction of sp³-hybridized carbons (Fsp3) is 0.375. The molecule has 0 atom stereocenters. The Labute approximate surface area is 196 Å². The standard InChI is InChI=1S/C24H27F3N4OS/c1-16(2)30(17(3)4)22(32)15-33-23-29-28-21(13-18-9-6-5-7-10-18)31(23)20-12-8-11-19(14-20)24(25,26)27/h5-12,14,16-17H,13,15H2,1-4H3. The summed E-state index contributed by atoms with van der Waals surface area (Å²) in [5.41, 5.74) is 0.508. The van der Waals surface area contributed by atoms with Gasteiger partial charge >= 0.3 is 6.18 Å². The van der Waals surface area contributed by atoms with E-state index in [1.807, 2.05) is 58.0 Å². The van der Waals surface area contributed by atoms with Crippen LogP contribution in [0.4, 0.5) is 13.2 Å². The van der Waals surface area contributed by atoms with Crippen molar-refractivity contribution in [2.45, 2.75) is 57.5 Å². The highest BCUT2D eigenvalue weighted by Crippen LogP contribution is 2.32. The summed E-state index contributed by atoms with van der Waals surface area (Å²) in [6.07, 6.45) is -4.08. The first-order chi connectivity index (χ1) is 15.6. The number of carbonyl (C=O) groups is 1. The largest absolute Gasteiger partial charge is 0.416 e. The van der Waals surface area contributed by atoms with Crippen LogP contribution >= 0.6 is 11.8 Å². The van der Waals surface area contributed by atoms with Gasteiger partial charge in [-0.1, -0.05) is 48.2 Å². The Balaban J connectivity index is 1.97. The Hall–Kier alpha value is -2.81. The van der Waals surface area contributed by atoms with Crippen molar-refractivity contribution in [2.24, 2.45) is 0 Å². The van der Waals surface area contributed by atoms with Crippen LogP contribution in [0.15, 0.2) is 59.8 Å². The second-order valence-corrected chi connectivity index (χ2v) is 9.16. The van der Waals surface area contributed by atoms with Gasteiger partial charge in [0.1, 0.15) is 5.82 Å². The van der Waals surface area contributed by atoms with Crippen molar-refractivity contribution < 1.29 is 18.0 Å². The zero-order valence-electron chi connectivity index (χ0n) is 19.0. The number of rotatable bonds is 8. The van der Waals surface area contributed by atoms with Crippen molar-refractivity contribution in [3.63, 3.8) is 0 Å². The Morgan fingerprint density at radius 2 is 1.67 bits per heavy atom. The van der Waals surface area contributed by atoms with Crippen molar-refractivity contribution in [1.29, 1.82) is 0 Å². The molecule has 0 unspecified atom stereocenters. The normalized spacial score (nSPS) is 11.9. The molecule has 0 spiro atoms. The molecule has 3 aromatic rings. The average Bonchev–Trinajstić information content (AvgIpc) is 3.14. The molecule has 2 aromatic carbocycles. The van der Waals surface area contributed by atoms with E-state index in [0.29, 0.717) is 23.1 Å². The van der Waals surface area contributed by atoms with Gasteiger partial charge in [-0.15, -0.1) is 10.2 Å². The summed E-state index contributed by atoms with van der Waals surface area (Å²) in [6.45, 7) is 7.80. The summed E-state index contributed by atoms with van der Waals surface area (Å²) < 4.78 is 41.7. The van der Waals surface area contributed by atoms with Gasteiger partial charge < -0.3 is 4.90 Å². The molecule has 176 valence electrons. The quantitative estimate of drug-likeness (QED) is 0.396. The second-order valence-electron chi connectivity index (χ2n) is 8.22. The Kier molecular flexibility index (Phi) is 7.84. The van der Waals surface area contributed by atoms with Gasteiger partial charge in [0.2, 0.25) is 5.91 Å². The molecule has 0 radical (unpaired) electrons. The van der Waals surface area contributed by atoms with Crippen molar-refractivity contribution in [3.8, 4) is 5.69 Å². The van der Waals surface area contributed by atoms with Crippen LogP contribution in [0.25, 0.3) is 5.69 Å². The van der Waals surface area contributed by atoms with Crippen LogP contribution in [-0.2, 0) is 17.4 Å². The predicted octanol–water partition coefficient (Wildman–Crippen LogP) is 5.61. The number of carbonyl (C=O) groups excluding carboxylic acids is 1. The zero-order valence-corrected chi connectivity index (χ0v) is 19.8. The Morgan fingerprint density at radius 1 is 1.00 bits per heavy atom. The molecule has 0 saturated heterocycles. The fourth-order valence-corrected chi connectivity index (χ4v) is 4.58. The van der Waals surface area contributed by atoms with E-state index in [1.54, 1.807) is 15.5 Å². The summed E-state index contributed by atoms with van der Waals surface area (Å²) in [6, 6.07) is 14.7. The smallest absolute Gasteiger partial charge is 0.337 e. The fourth-order valence-electron chi connectivity index (χ4n) is 3.74. The third-order valence-corrected chi connectivity index (χ3v) is 5.98. The lowest BCUT2D eigenvalue weighted by Gasteiger charge is -2.30. The molecule has 9 heteroatoms. The van der Waals surface area contributed by atoms with Gasteiger partial charge in [-0.25, -0.2) is 0 Å². The molecule has 0 aliphatic carbocycles. The zero-order chi connectivity index (χ0) is 24.2. The number of thioether (sulfide) groups is 1. The number of aromatic nitrogens is 3. The lowest BCUT2D eigenvalue weighted by atomic mass is 10.1. The number of hydrogen-bond donors (Lipinski definition) is 0. The number of halogens is 3. The molecule has 0 saturated carbocycles. The number of amides is 1. The summed E-state index contributed by atoms with van der Waals surface area (Å²) in [5.74, 6) is 0.548. The molecule has 0 N–H and O–H groups in total. The van der Waals surface area contributed by atoms with E-state index in [9.17, 15) is 18.0 Å². The minimum Gasteiger partial charge on any atom is -0.337 e. The molecule has 0 aliphatic rings. The van der Waals surface area contributed by atoms with Gasteiger partial charge in [0.05, 0.1) is 17.0 Å². The minimum absolute atomic E-state index is 0.0353. The predicted molar refractivity (Wildman–Crippen MR) is 123 cm³/mol. The van der Waals surface area contributed by atoms with Crippen LogP contribution in [0.5, 0.6) is 0 Å². The number of benzene rings is 2. The number of hydrogen-bond acceptors (Lipinski definition) is 4. The van der Waals surface area contributed by atoms with Gasteiger partial charge in [0.15, 0.2) is 5.16 Å². The van der Waals surface area contributed by atoms with E-state index >= 15 is 0 Å². The second kappa shape index (κ2) is 10.4.